The minimum absolute atomic E-state index is 0.0769. The average Bonchev–Trinajstić information content (AvgIpc) is 2.83. The van der Waals surface area contributed by atoms with Crippen LogP contribution in [0.5, 0.6) is 0 Å². The van der Waals surface area contributed by atoms with Crippen molar-refractivity contribution in [1.82, 2.24) is 25.6 Å². The molecule has 0 atom stereocenters. The van der Waals surface area contributed by atoms with Crippen LogP contribution in [0.1, 0.15) is 47.0 Å². The normalized spacial score (nSPS) is 10.9. The van der Waals surface area contributed by atoms with Gasteiger partial charge in [0.2, 0.25) is 0 Å². The standard InChI is InChI=1S/C24H23N5O3/c1-2-3-6-15-29-24(32)18-12-5-4-11-17(18)21(28-29)23(31)27-26-22(30)19-13-7-9-16-10-8-14-25-20(16)19/h4-5,7-14H,2-3,6,15H2,1H3,(H,26,30)(H,27,31). The molecular weight excluding hydrogens is 406 g/mol. The lowest BCUT2D eigenvalue weighted by molar-refractivity contribution is 0.0844. The van der Waals surface area contributed by atoms with E-state index in [1.54, 1.807) is 48.7 Å². The quantitative estimate of drug-likeness (QED) is 0.362. The number of rotatable bonds is 6. The van der Waals surface area contributed by atoms with Gasteiger partial charge >= 0.3 is 0 Å². The summed E-state index contributed by atoms with van der Waals surface area (Å²) >= 11 is 0. The highest BCUT2D eigenvalue weighted by atomic mass is 16.2. The Morgan fingerprint density at radius 1 is 0.906 bits per heavy atom. The molecule has 2 amide bonds. The van der Waals surface area contributed by atoms with Crippen molar-refractivity contribution in [2.75, 3.05) is 0 Å². The van der Waals surface area contributed by atoms with Crippen molar-refractivity contribution >= 4 is 33.5 Å². The first-order valence-corrected chi connectivity index (χ1v) is 10.5. The molecule has 8 nitrogen and oxygen atoms in total. The predicted molar refractivity (Wildman–Crippen MR) is 122 cm³/mol. The Morgan fingerprint density at radius 3 is 2.47 bits per heavy atom. The second-order valence-electron chi connectivity index (χ2n) is 7.42. The zero-order valence-electron chi connectivity index (χ0n) is 17.7. The van der Waals surface area contributed by atoms with Crippen LogP contribution in [0.4, 0.5) is 0 Å². The van der Waals surface area contributed by atoms with Gasteiger partial charge in [-0.1, -0.05) is 56.2 Å². The number of aryl methyl sites for hydroxylation is 1. The summed E-state index contributed by atoms with van der Waals surface area (Å²) in [5, 5.41) is 5.96. The van der Waals surface area contributed by atoms with Crippen LogP contribution in [0.3, 0.4) is 0 Å². The van der Waals surface area contributed by atoms with Gasteiger partial charge in [0.15, 0.2) is 5.69 Å². The molecule has 8 heteroatoms. The van der Waals surface area contributed by atoms with Crippen LogP contribution < -0.4 is 16.4 Å². The molecule has 0 aliphatic heterocycles. The van der Waals surface area contributed by atoms with Crippen LogP contribution in [-0.2, 0) is 6.54 Å². The van der Waals surface area contributed by atoms with Gasteiger partial charge in [0.25, 0.3) is 17.4 Å². The van der Waals surface area contributed by atoms with Crippen molar-refractivity contribution in [2.24, 2.45) is 0 Å². The number of carbonyl (C=O) groups is 2. The Bertz CT molecular complexity index is 1360. The molecule has 2 heterocycles. The molecule has 0 aliphatic rings. The van der Waals surface area contributed by atoms with E-state index in [9.17, 15) is 14.4 Å². The van der Waals surface area contributed by atoms with Gasteiger partial charge in [-0.15, -0.1) is 0 Å². The number of unbranched alkanes of at least 4 members (excludes halogenated alkanes) is 2. The Labute approximate surface area is 184 Å². The molecule has 0 bridgehead atoms. The lowest BCUT2D eigenvalue weighted by Crippen LogP contribution is -2.43. The van der Waals surface area contributed by atoms with Crippen molar-refractivity contribution in [3.63, 3.8) is 0 Å². The fraction of sp³-hybridized carbons (Fsp3) is 0.208. The van der Waals surface area contributed by atoms with E-state index in [2.05, 4.69) is 27.9 Å². The first-order valence-electron chi connectivity index (χ1n) is 10.5. The van der Waals surface area contributed by atoms with E-state index >= 15 is 0 Å². The van der Waals surface area contributed by atoms with Gasteiger partial charge in [-0.3, -0.25) is 30.2 Å². The van der Waals surface area contributed by atoms with Crippen LogP contribution in [0.2, 0.25) is 0 Å². The zero-order valence-corrected chi connectivity index (χ0v) is 17.7. The minimum atomic E-state index is -0.605. The van der Waals surface area contributed by atoms with Crippen LogP contribution in [-0.4, -0.2) is 26.6 Å². The second-order valence-corrected chi connectivity index (χ2v) is 7.42. The molecule has 0 saturated heterocycles. The molecule has 2 aromatic carbocycles. The van der Waals surface area contributed by atoms with Gasteiger partial charge in [0.05, 0.1) is 16.5 Å². The molecule has 0 spiro atoms. The highest BCUT2D eigenvalue weighted by molar-refractivity contribution is 6.08. The summed E-state index contributed by atoms with van der Waals surface area (Å²) in [5.41, 5.74) is 5.57. The van der Waals surface area contributed by atoms with Crippen molar-refractivity contribution in [3.05, 3.63) is 82.4 Å². The van der Waals surface area contributed by atoms with Crippen LogP contribution in [0, 0.1) is 0 Å². The lowest BCUT2D eigenvalue weighted by atomic mass is 10.1. The fourth-order valence-electron chi connectivity index (χ4n) is 3.59. The molecule has 4 rings (SSSR count). The number of nitrogens with zero attached hydrogens (tertiary/aromatic N) is 3. The zero-order chi connectivity index (χ0) is 22.5. The summed E-state index contributed by atoms with van der Waals surface area (Å²) in [6, 6.07) is 15.7. The number of pyridine rings is 1. The largest absolute Gasteiger partial charge is 0.290 e. The Kier molecular flexibility index (Phi) is 6.21. The summed E-state index contributed by atoms with van der Waals surface area (Å²) in [7, 11) is 0. The summed E-state index contributed by atoms with van der Waals surface area (Å²) in [6.45, 7) is 2.50. The van der Waals surface area contributed by atoms with Gasteiger partial charge in [0.1, 0.15) is 0 Å². The van der Waals surface area contributed by atoms with Gasteiger partial charge in [-0.2, -0.15) is 5.10 Å². The van der Waals surface area contributed by atoms with Crippen molar-refractivity contribution in [2.45, 2.75) is 32.7 Å². The number of para-hydroxylation sites is 1. The third-order valence-corrected chi connectivity index (χ3v) is 5.22. The third kappa shape index (κ3) is 4.20. The fourth-order valence-corrected chi connectivity index (χ4v) is 3.59. The number of hydrogen-bond donors (Lipinski definition) is 2. The summed E-state index contributed by atoms with van der Waals surface area (Å²) in [5.74, 6) is -1.10. The molecule has 4 aromatic rings. The van der Waals surface area contributed by atoms with E-state index in [-0.39, 0.29) is 11.3 Å². The van der Waals surface area contributed by atoms with Crippen molar-refractivity contribution < 1.29 is 9.59 Å². The maximum absolute atomic E-state index is 12.9. The van der Waals surface area contributed by atoms with Crippen LogP contribution in [0.15, 0.2) is 65.6 Å². The van der Waals surface area contributed by atoms with E-state index < -0.39 is 11.8 Å². The first-order chi connectivity index (χ1) is 15.6. The molecular formula is C24H23N5O3. The predicted octanol–water partition coefficient (Wildman–Crippen LogP) is 3.21. The smallest absolute Gasteiger partial charge is 0.267 e. The average molecular weight is 429 g/mol. The van der Waals surface area contributed by atoms with E-state index in [4.69, 9.17) is 0 Å². The van der Waals surface area contributed by atoms with Gasteiger partial charge < -0.3 is 0 Å². The van der Waals surface area contributed by atoms with Gasteiger partial charge in [0, 0.05) is 23.5 Å². The number of aromatic nitrogens is 3. The highest BCUT2D eigenvalue weighted by Crippen LogP contribution is 2.16. The third-order valence-electron chi connectivity index (χ3n) is 5.22. The van der Waals surface area contributed by atoms with Gasteiger partial charge in [-0.25, -0.2) is 4.68 Å². The topological polar surface area (TPSA) is 106 Å². The number of benzene rings is 2. The molecule has 32 heavy (non-hydrogen) atoms. The van der Waals surface area contributed by atoms with Gasteiger partial charge in [-0.05, 0) is 24.6 Å². The van der Waals surface area contributed by atoms with Crippen LogP contribution in [0.25, 0.3) is 21.7 Å². The summed E-state index contributed by atoms with van der Waals surface area (Å²) < 4.78 is 1.32. The molecule has 162 valence electrons. The number of hydrogen-bond acceptors (Lipinski definition) is 5. The lowest BCUT2D eigenvalue weighted by Gasteiger charge is -2.12. The van der Waals surface area contributed by atoms with E-state index in [1.807, 2.05) is 12.1 Å². The first kappa shape index (κ1) is 21.2. The minimum Gasteiger partial charge on any atom is -0.267 e. The molecule has 0 saturated carbocycles. The van der Waals surface area contributed by atoms with E-state index in [1.165, 1.54) is 4.68 Å². The molecule has 2 aromatic heterocycles. The maximum Gasteiger partial charge on any atom is 0.290 e. The van der Waals surface area contributed by atoms with Crippen molar-refractivity contribution in [1.29, 1.82) is 0 Å². The molecule has 0 unspecified atom stereocenters. The molecule has 0 radical (unpaired) electrons. The monoisotopic (exact) mass is 429 g/mol. The van der Waals surface area contributed by atoms with Crippen molar-refractivity contribution in [3.8, 4) is 0 Å². The Morgan fingerprint density at radius 2 is 1.66 bits per heavy atom. The molecule has 0 aliphatic carbocycles. The Hall–Kier alpha value is -4.07. The summed E-state index contributed by atoms with van der Waals surface area (Å²) in [4.78, 5) is 42.7. The molecule has 2 N–H and O–H groups in total. The highest BCUT2D eigenvalue weighted by Gasteiger charge is 2.18. The maximum atomic E-state index is 12.9. The second kappa shape index (κ2) is 9.38. The number of carbonyl (C=O) groups excluding carboxylic acids is 2. The Balaban J connectivity index is 1.60. The van der Waals surface area contributed by atoms with E-state index in [0.29, 0.717) is 28.4 Å². The number of amides is 2. The van der Waals surface area contributed by atoms with E-state index in [0.717, 1.165) is 24.6 Å². The summed E-state index contributed by atoms with van der Waals surface area (Å²) in [6.07, 6.45) is 4.35. The van der Waals surface area contributed by atoms with Crippen LogP contribution >= 0.6 is 0 Å². The number of nitrogens with one attached hydrogen (secondary N) is 2. The molecule has 0 fully saturated rings. The SMILES string of the molecule is CCCCCn1nc(C(=O)NNC(=O)c2cccc3cccnc23)c2ccccc2c1=O. The number of fused-ring (bicyclic) bond motifs is 2. The number of hydrazine groups is 1.